The lowest BCUT2D eigenvalue weighted by molar-refractivity contribution is -0.144. The summed E-state index contributed by atoms with van der Waals surface area (Å²) >= 11 is 7.50. The SMILES string of the molecule is Cc1ccc(CSCC(=O)OCC(=O)Nc2ccc(C)cc2Cl)cc1. The van der Waals surface area contributed by atoms with Gasteiger partial charge in [0.25, 0.3) is 5.91 Å². The molecule has 1 N–H and O–H groups in total. The van der Waals surface area contributed by atoms with Gasteiger partial charge in [0.05, 0.1) is 16.5 Å². The van der Waals surface area contributed by atoms with E-state index in [2.05, 4.69) is 5.32 Å². The molecule has 0 aromatic heterocycles. The van der Waals surface area contributed by atoms with Crippen LogP contribution in [-0.2, 0) is 20.1 Å². The lowest BCUT2D eigenvalue weighted by atomic mass is 10.2. The molecular formula is C19H20ClNO3S. The van der Waals surface area contributed by atoms with Crippen molar-refractivity contribution in [2.24, 2.45) is 0 Å². The Morgan fingerprint density at radius 3 is 2.44 bits per heavy atom. The standard InChI is InChI=1S/C19H20ClNO3S/c1-13-3-6-15(7-4-13)11-25-12-19(23)24-10-18(22)21-17-8-5-14(2)9-16(17)20/h3-9H,10-12H2,1-2H3,(H,21,22). The second-order valence-electron chi connectivity index (χ2n) is 5.67. The summed E-state index contributed by atoms with van der Waals surface area (Å²) in [7, 11) is 0. The first-order chi connectivity index (χ1) is 11.9. The maximum absolute atomic E-state index is 11.8. The van der Waals surface area contributed by atoms with Crippen LogP contribution in [-0.4, -0.2) is 24.2 Å². The number of nitrogens with one attached hydrogen (secondary N) is 1. The normalized spacial score (nSPS) is 10.4. The van der Waals surface area contributed by atoms with Crippen LogP contribution in [0.1, 0.15) is 16.7 Å². The van der Waals surface area contributed by atoms with Crippen molar-refractivity contribution in [3.05, 3.63) is 64.2 Å². The van der Waals surface area contributed by atoms with Gasteiger partial charge in [0.1, 0.15) is 0 Å². The fraction of sp³-hybridized carbons (Fsp3) is 0.263. The summed E-state index contributed by atoms with van der Waals surface area (Å²) in [5.41, 5.74) is 3.85. The van der Waals surface area contributed by atoms with Crippen LogP contribution in [0.15, 0.2) is 42.5 Å². The third-order valence-corrected chi connectivity index (χ3v) is 4.66. The molecule has 0 spiro atoms. The second kappa shape index (κ2) is 9.49. The van der Waals surface area contributed by atoms with E-state index in [1.807, 2.05) is 44.2 Å². The highest BCUT2D eigenvalue weighted by atomic mass is 35.5. The minimum absolute atomic E-state index is 0.201. The zero-order chi connectivity index (χ0) is 18.2. The van der Waals surface area contributed by atoms with Crippen molar-refractivity contribution in [3.8, 4) is 0 Å². The predicted octanol–water partition coefficient (Wildman–Crippen LogP) is 4.37. The van der Waals surface area contributed by atoms with Gasteiger partial charge in [0.15, 0.2) is 6.61 Å². The van der Waals surface area contributed by atoms with E-state index in [-0.39, 0.29) is 12.4 Å². The van der Waals surface area contributed by atoms with Crippen LogP contribution < -0.4 is 5.32 Å². The van der Waals surface area contributed by atoms with Crippen LogP contribution >= 0.6 is 23.4 Å². The first kappa shape index (κ1) is 19.3. The van der Waals surface area contributed by atoms with Gasteiger partial charge < -0.3 is 10.1 Å². The molecule has 0 aliphatic carbocycles. The van der Waals surface area contributed by atoms with E-state index in [1.165, 1.54) is 17.3 Å². The number of halogens is 1. The van der Waals surface area contributed by atoms with Crippen LogP contribution in [0, 0.1) is 13.8 Å². The minimum atomic E-state index is -0.415. The van der Waals surface area contributed by atoms with E-state index < -0.39 is 11.9 Å². The molecule has 0 unspecified atom stereocenters. The minimum Gasteiger partial charge on any atom is -0.455 e. The molecule has 2 aromatic carbocycles. The highest BCUT2D eigenvalue weighted by Crippen LogP contribution is 2.22. The summed E-state index contributed by atoms with van der Waals surface area (Å²) in [5.74, 6) is 0.0948. The number of thioether (sulfide) groups is 1. The van der Waals surface area contributed by atoms with E-state index in [9.17, 15) is 9.59 Å². The number of carbonyl (C=O) groups excluding carboxylic acids is 2. The number of ether oxygens (including phenoxy) is 1. The van der Waals surface area contributed by atoms with Crippen molar-refractivity contribution in [2.75, 3.05) is 17.7 Å². The van der Waals surface area contributed by atoms with Gasteiger partial charge in [-0.15, -0.1) is 11.8 Å². The van der Waals surface area contributed by atoms with Gasteiger partial charge in [-0.2, -0.15) is 0 Å². The summed E-state index contributed by atoms with van der Waals surface area (Å²) < 4.78 is 4.98. The zero-order valence-corrected chi connectivity index (χ0v) is 15.7. The average Bonchev–Trinajstić information content (AvgIpc) is 2.57. The Hall–Kier alpha value is -1.98. The van der Waals surface area contributed by atoms with Crippen molar-refractivity contribution >= 4 is 40.9 Å². The summed E-state index contributed by atoms with van der Waals surface area (Å²) in [4.78, 5) is 23.5. The lowest BCUT2D eigenvalue weighted by Crippen LogP contribution is -2.21. The maximum atomic E-state index is 11.8. The monoisotopic (exact) mass is 377 g/mol. The Kier molecular flexibility index (Phi) is 7.34. The molecule has 4 nitrogen and oxygen atoms in total. The van der Waals surface area contributed by atoms with Crippen molar-refractivity contribution in [2.45, 2.75) is 19.6 Å². The number of esters is 1. The number of amides is 1. The fourth-order valence-corrected chi connectivity index (χ4v) is 3.09. The van der Waals surface area contributed by atoms with E-state index >= 15 is 0 Å². The van der Waals surface area contributed by atoms with Crippen LogP contribution in [0.4, 0.5) is 5.69 Å². The Morgan fingerprint density at radius 1 is 1.08 bits per heavy atom. The largest absolute Gasteiger partial charge is 0.455 e. The first-order valence-corrected chi connectivity index (χ1v) is 9.32. The highest BCUT2D eigenvalue weighted by Gasteiger charge is 2.10. The van der Waals surface area contributed by atoms with Crippen LogP contribution in [0.5, 0.6) is 0 Å². The Morgan fingerprint density at radius 2 is 1.76 bits per heavy atom. The number of anilines is 1. The predicted molar refractivity (Wildman–Crippen MR) is 103 cm³/mol. The third-order valence-electron chi connectivity index (χ3n) is 3.37. The molecule has 2 aromatic rings. The molecule has 1 amide bonds. The summed E-state index contributed by atoms with van der Waals surface area (Å²) in [6.07, 6.45) is 0. The van der Waals surface area contributed by atoms with Crippen molar-refractivity contribution in [3.63, 3.8) is 0 Å². The third kappa shape index (κ3) is 6.80. The van der Waals surface area contributed by atoms with Gasteiger partial charge in [0.2, 0.25) is 0 Å². The first-order valence-electron chi connectivity index (χ1n) is 7.79. The van der Waals surface area contributed by atoms with Gasteiger partial charge in [0, 0.05) is 5.75 Å². The zero-order valence-electron chi connectivity index (χ0n) is 14.2. The Bertz CT molecular complexity index is 747. The highest BCUT2D eigenvalue weighted by molar-refractivity contribution is 7.99. The quantitative estimate of drug-likeness (QED) is 0.728. The number of hydrogen-bond donors (Lipinski definition) is 1. The molecule has 25 heavy (non-hydrogen) atoms. The van der Waals surface area contributed by atoms with Crippen molar-refractivity contribution in [1.29, 1.82) is 0 Å². The lowest BCUT2D eigenvalue weighted by Gasteiger charge is -2.08. The molecule has 0 radical (unpaired) electrons. The van der Waals surface area contributed by atoms with Gasteiger partial charge in [-0.3, -0.25) is 9.59 Å². The van der Waals surface area contributed by atoms with E-state index in [0.29, 0.717) is 10.7 Å². The number of carbonyl (C=O) groups is 2. The Labute approximate surface area is 156 Å². The molecule has 2 rings (SSSR count). The van der Waals surface area contributed by atoms with Crippen LogP contribution in [0.25, 0.3) is 0 Å². The number of benzene rings is 2. The van der Waals surface area contributed by atoms with E-state index in [1.54, 1.807) is 12.1 Å². The van der Waals surface area contributed by atoms with Gasteiger partial charge >= 0.3 is 5.97 Å². The van der Waals surface area contributed by atoms with Gasteiger partial charge in [-0.05, 0) is 37.1 Å². The van der Waals surface area contributed by atoms with E-state index in [0.717, 1.165) is 16.9 Å². The molecule has 0 saturated heterocycles. The summed E-state index contributed by atoms with van der Waals surface area (Å²) in [6, 6.07) is 13.5. The fourth-order valence-electron chi connectivity index (χ4n) is 2.03. The molecule has 0 aliphatic heterocycles. The van der Waals surface area contributed by atoms with Crippen molar-refractivity contribution in [1.82, 2.24) is 0 Å². The molecule has 132 valence electrons. The average molecular weight is 378 g/mol. The number of aryl methyl sites for hydroxylation is 2. The molecule has 0 saturated carbocycles. The van der Waals surface area contributed by atoms with Crippen LogP contribution in [0.3, 0.4) is 0 Å². The summed E-state index contributed by atoms with van der Waals surface area (Å²) in [5, 5.41) is 3.08. The van der Waals surface area contributed by atoms with Crippen LogP contribution in [0.2, 0.25) is 5.02 Å². The summed E-state index contributed by atoms with van der Waals surface area (Å²) in [6.45, 7) is 3.62. The second-order valence-corrected chi connectivity index (χ2v) is 7.06. The molecule has 0 bridgehead atoms. The van der Waals surface area contributed by atoms with E-state index in [4.69, 9.17) is 16.3 Å². The maximum Gasteiger partial charge on any atom is 0.316 e. The number of hydrogen-bond acceptors (Lipinski definition) is 4. The smallest absolute Gasteiger partial charge is 0.316 e. The molecule has 0 heterocycles. The Balaban J connectivity index is 1.68. The van der Waals surface area contributed by atoms with Gasteiger partial charge in [-0.25, -0.2) is 0 Å². The number of rotatable bonds is 7. The molecule has 6 heteroatoms. The molecular weight excluding hydrogens is 358 g/mol. The molecule has 0 atom stereocenters. The topological polar surface area (TPSA) is 55.4 Å². The molecule has 0 fully saturated rings. The molecule has 0 aliphatic rings. The van der Waals surface area contributed by atoms with Crippen molar-refractivity contribution < 1.29 is 14.3 Å². The van der Waals surface area contributed by atoms with Gasteiger partial charge in [-0.1, -0.05) is 47.5 Å².